The second-order valence-electron chi connectivity index (χ2n) is 6.31. The van der Waals surface area contributed by atoms with E-state index in [4.69, 9.17) is 10.5 Å². The number of benzene rings is 1. The van der Waals surface area contributed by atoms with Gasteiger partial charge in [-0.15, -0.1) is 0 Å². The zero-order chi connectivity index (χ0) is 15.7. The highest BCUT2D eigenvalue weighted by molar-refractivity contribution is 7.89. The maximum absolute atomic E-state index is 12.6. The van der Waals surface area contributed by atoms with Crippen LogP contribution in [-0.4, -0.2) is 21.6 Å². The molecule has 1 fully saturated rings. The standard InChI is InChI=1S/C15H24N2O3S/c1-15(2)9-5-4-6-14(15)17-21(18,19)11-7-8-12(16)13(10-11)20-3/h7-8,10,14,17H,4-6,9,16H2,1-3H3. The Labute approximate surface area is 126 Å². The number of ether oxygens (including phenoxy) is 1. The lowest BCUT2D eigenvalue weighted by Crippen LogP contribution is -2.46. The third-order valence-electron chi connectivity index (χ3n) is 4.32. The molecular formula is C15H24N2O3S. The Bertz CT molecular complexity index is 611. The predicted molar refractivity (Wildman–Crippen MR) is 83.8 cm³/mol. The van der Waals surface area contributed by atoms with Gasteiger partial charge in [-0.25, -0.2) is 13.1 Å². The summed E-state index contributed by atoms with van der Waals surface area (Å²) in [7, 11) is -2.09. The van der Waals surface area contributed by atoms with E-state index in [0.29, 0.717) is 11.4 Å². The Morgan fingerprint density at radius 3 is 2.67 bits per heavy atom. The van der Waals surface area contributed by atoms with E-state index in [1.54, 1.807) is 6.07 Å². The van der Waals surface area contributed by atoms with E-state index < -0.39 is 10.0 Å². The Balaban J connectivity index is 2.26. The quantitative estimate of drug-likeness (QED) is 0.837. The third kappa shape index (κ3) is 3.49. The number of methoxy groups -OCH3 is 1. The predicted octanol–water partition coefficient (Wildman–Crippen LogP) is 2.52. The van der Waals surface area contributed by atoms with Gasteiger partial charge in [0.25, 0.3) is 0 Å². The van der Waals surface area contributed by atoms with Crippen LogP contribution in [0.25, 0.3) is 0 Å². The molecule has 0 aromatic heterocycles. The second kappa shape index (κ2) is 5.85. The van der Waals surface area contributed by atoms with Crippen LogP contribution in [0.4, 0.5) is 5.69 Å². The highest BCUT2D eigenvalue weighted by Crippen LogP contribution is 2.36. The number of hydrogen-bond donors (Lipinski definition) is 2. The van der Waals surface area contributed by atoms with Gasteiger partial charge in [0, 0.05) is 12.1 Å². The van der Waals surface area contributed by atoms with E-state index in [2.05, 4.69) is 18.6 Å². The van der Waals surface area contributed by atoms with Crippen LogP contribution in [0.15, 0.2) is 23.1 Å². The van der Waals surface area contributed by atoms with Crippen LogP contribution < -0.4 is 15.2 Å². The number of anilines is 1. The minimum atomic E-state index is -3.57. The van der Waals surface area contributed by atoms with E-state index >= 15 is 0 Å². The monoisotopic (exact) mass is 312 g/mol. The van der Waals surface area contributed by atoms with E-state index in [1.807, 2.05) is 0 Å². The van der Waals surface area contributed by atoms with Crippen molar-refractivity contribution in [2.75, 3.05) is 12.8 Å². The summed E-state index contributed by atoms with van der Waals surface area (Å²) < 4.78 is 33.1. The van der Waals surface area contributed by atoms with Gasteiger partial charge in [-0.3, -0.25) is 0 Å². The highest BCUT2D eigenvalue weighted by atomic mass is 32.2. The molecule has 1 aliphatic rings. The minimum absolute atomic E-state index is 0.0246. The van der Waals surface area contributed by atoms with Crippen molar-refractivity contribution in [3.05, 3.63) is 18.2 Å². The van der Waals surface area contributed by atoms with Crippen LogP contribution >= 0.6 is 0 Å². The Hall–Kier alpha value is -1.27. The first-order valence-corrected chi connectivity index (χ1v) is 8.70. The zero-order valence-corrected chi connectivity index (χ0v) is 13.7. The van der Waals surface area contributed by atoms with Crippen LogP contribution in [0.2, 0.25) is 0 Å². The first kappa shape index (κ1) is 16.1. The van der Waals surface area contributed by atoms with Gasteiger partial charge in [0.15, 0.2) is 0 Å². The van der Waals surface area contributed by atoms with Crippen molar-refractivity contribution in [2.24, 2.45) is 5.41 Å². The average Bonchev–Trinajstić information content (AvgIpc) is 2.41. The van der Waals surface area contributed by atoms with Crippen molar-refractivity contribution in [3.8, 4) is 5.75 Å². The van der Waals surface area contributed by atoms with Crippen LogP contribution in [0.3, 0.4) is 0 Å². The molecule has 3 N–H and O–H groups in total. The van der Waals surface area contributed by atoms with Gasteiger partial charge >= 0.3 is 0 Å². The van der Waals surface area contributed by atoms with Crippen molar-refractivity contribution < 1.29 is 13.2 Å². The SMILES string of the molecule is COc1cc(S(=O)(=O)NC2CCCCC2(C)C)ccc1N. The normalized spacial score (nSPS) is 22.0. The van der Waals surface area contributed by atoms with Crippen molar-refractivity contribution in [1.82, 2.24) is 4.72 Å². The molecule has 1 saturated carbocycles. The van der Waals surface area contributed by atoms with E-state index in [-0.39, 0.29) is 16.4 Å². The fraction of sp³-hybridized carbons (Fsp3) is 0.600. The summed E-state index contributed by atoms with van der Waals surface area (Å²) in [6, 6.07) is 4.49. The fourth-order valence-electron chi connectivity index (χ4n) is 2.83. The first-order chi connectivity index (χ1) is 9.76. The van der Waals surface area contributed by atoms with Crippen molar-refractivity contribution in [3.63, 3.8) is 0 Å². The number of sulfonamides is 1. The molecule has 1 aromatic carbocycles. The lowest BCUT2D eigenvalue weighted by atomic mass is 9.74. The van der Waals surface area contributed by atoms with Gasteiger partial charge in [-0.05, 0) is 30.4 Å². The fourth-order valence-corrected chi connectivity index (χ4v) is 4.28. The van der Waals surface area contributed by atoms with Crippen LogP contribution in [0, 0.1) is 5.41 Å². The molecule has 1 atom stereocenters. The van der Waals surface area contributed by atoms with E-state index in [9.17, 15) is 8.42 Å². The van der Waals surface area contributed by atoms with Gasteiger partial charge in [0.1, 0.15) is 5.75 Å². The molecule has 5 nitrogen and oxygen atoms in total. The van der Waals surface area contributed by atoms with Gasteiger partial charge in [-0.1, -0.05) is 26.7 Å². The molecule has 6 heteroatoms. The molecule has 0 radical (unpaired) electrons. The summed E-state index contributed by atoms with van der Waals surface area (Å²) in [5.74, 6) is 0.376. The summed E-state index contributed by atoms with van der Waals surface area (Å²) >= 11 is 0. The summed E-state index contributed by atoms with van der Waals surface area (Å²) in [6.07, 6.45) is 4.12. The number of nitrogens with one attached hydrogen (secondary N) is 1. The maximum atomic E-state index is 12.6. The van der Waals surface area contributed by atoms with Crippen molar-refractivity contribution >= 4 is 15.7 Å². The smallest absolute Gasteiger partial charge is 0.240 e. The van der Waals surface area contributed by atoms with Crippen LogP contribution in [0.5, 0.6) is 5.75 Å². The van der Waals surface area contributed by atoms with Gasteiger partial charge in [0.05, 0.1) is 17.7 Å². The molecular weight excluding hydrogens is 288 g/mol. The molecule has 0 aliphatic heterocycles. The van der Waals surface area contributed by atoms with Crippen LogP contribution in [0.1, 0.15) is 39.5 Å². The number of rotatable bonds is 4. The summed E-state index contributed by atoms with van der Waals surface area (Å²) in [6.45, 7) is 4.23. The maximum Gasteiger partial charge on any atom is 0.240 e. The molecule has 0 bridgehead atoms. The van der Waals surface area contributed by atoms with Crippen molar-refractivity contribution in [1.29, 1.82) is 0 Å². The zero-order valence-electron chi connectivity index (χ0n) is 12.8. The Morgan fingerprint density at radius 2 is 2.05 bits per heavy atom. The molecule has 1 aromatic rings. The van der Waals surface area contributed by atoms with Gasteiger partial charge in [0.2, 0.25) is 10.0 Å². The molecule has 2 rings (SSSR count). The summed E-state index contributed by atoms with van der Waals surface area (Å²) in [4.78, 5) is 0.190. The Kier molecular flexibility index (Phi) is 4.49. The third-order valence-corrected chi connectivity index (χ3v) is 5.79. The molecule has 21 heavy (non-hydrogen) atoms. The molecule has 118 valence electrons. The van der Waals surface area contributed by atoms with E-state index in [1.165, 1.54) is 19.2 Å². The minimum Gasteiger partial charge on any atom is -0.495 e. The topological polar surface area (TPSA) is 81.4 Å². The van der Waals surface area contributed by atoms with Crippen molar-refractivity contribution in [2.45, 2.75) is 50.5 Å². The molecule has 1 aliphatic carbocycles. The Morgan fingerprint density at radius 1 is 1.33 bits per heavy atom. The van der Waals surface area contributed by atoms with Gasteiger partial charge < -0.3 is 10.5 Å². The lowest BCUT2D eigenvalue weighted by molar-refractivity contribution is 0.188. The van der Waals surface area contributed by atoms with Gasteiger partial charge in [-0.2, -0.15) is 0 Å². The largest absolute Gasteiger partial charge is 0.495 e. The van der Waals surface area contributed by atoms with Crippen LogP contribution in [-0.2, 0) is 10.0 Å². The lowest BCUT2D eigenvalue weighted by Gasteiger charge is -2.38. The highest BCUT2D eigenvalue weighted by Gasteiger charge is 2.35. The van der Waals surface area contributed by atoms with E-state index in [0.717, 1.165) is 25.7 Å². The summed E-state index contributed by atoms with van der Waals surface area (Å²) in [5.41, 5.74) is 6.13. The molecule has 1 unspecified atom stereocenters. The first-order valence-electron chi connectivity index (χ1n) is 7.22. The molecule has 0 heterocycles. The number of nitrogen functional groups attached to an aromatic ring is 1. The number of nitrogens with two attached hydrogens (primary N) is 1. The average molecular weight is 312 g/mol. The molecule has 0 spiro atoms. The second-order valence-corrected chi connectivity index (χ2v) is 8.03. The number of hydrogen-bond acceptors (Lipinski definition) is 4. The molecule has 0 saturated heterocycles. The molecule has 0 amide bonds. The summed E-state index contributed by atoms with van der Waals surface area (Å²) in [5, 5.41) is 0.